The van der Waals surface area contributed by atoms with E-state index in [0.29, 0.717) is 12.3 Å². The van der Waals surface area contributed by atoms with E-state index in [9.17, 15) is 4.79 Å². The molecule has 5 nitrogen and oxygen atoms in total. The Morgan fingerprint density at radius 1 is 1.12 bits per heavy atom. The van der Waals surface area contributed by atoms with Crippen molar-refractivity contribution in [2.24, 2.45) is 0 Å². The summed E-state index contributed by atoms with van der Waals surface area (Å²) in [5.74, 6) is 0.309. The molecule has 0 saturated heterocycles. The Morgan fingerprint density at radius 2 is 1.92 bits per heavy atom. The summed E-state index contributed by atoms with van der Waals surface area (Å²) in [7, 11) is 0. The molecule has 3 aromatic rings. The molecule has 25 heavy (non-hydrogen) atoms. The number of benzene rings is 1. The van der Waals surface area contributed by atoms with Crippen molar-refractivity contribution in [1.82, 2.24) is 19.9 Å². The summed E-state index contributed by atoms with van der Waals surface area (Å²) in [6.45, 7) is 4.69. The summed E-state index contributed by atoms with van der Waals surface area (Å²) in [6, 6.07) is 10.1. The second-order valence-electron chi connectivity index (χ2n) is 5.77. The fraction of sp³-hybridized carbons (Fsp3) is 0.211. The Labute approximate surface area is 151 Å². The quantitative estimate of drug-likeness (QED) is 0.692. The molecule has 0 aliphatic carbocycles. The van der Waals surface area contributed by atoms with Crippen molar-refractivity contribution in [2.75, 3.05) is 5.75 Å². The van der Waals surface area contributed by atoms with Crippen LogP contribution in [0.2, 0.25) is 0 Å². The molecule has 0 aliphatic rings. The van der Waals surface area contributed by atoms with Crippen LogP contribution < -0.4 is 5.32 Å². The van der Waals surface area contributed by atoms with E-state index < -0.39 is 0 Å². The zero-order valence-corrected chi connectivity index (χ0v) is 15.1. The van der Waals surface area contributed by atoms with Gasteiger partial charge in [0.1, 0.15) is 0 Å². The maximum Gasteiger partial charge on any atom is 0.230 e. The molecule has 0 spiro atoms. The third-order valence-electron chi connectivity index (χ3n) is 3.95. The Kier molecular flexibility index (Phi) is 5.50. The Morgan fingerprint density at radius 3 is 2.68 bits per heavy atom. The zero-order valence-electron chi connectivity index (χ0n) is 14.3. The predicted octanol–water partition coefficient (Wildman–Crippen LogP) is 3.29. The molecule has 0 fully saturated rings. The monoisotopic (exact) mass is 352 g/mol. The number of amides is 1. The Hall–Kier alpha value is -2.60. The summed E-state index contributed by atoms with van der Waals surface area (Å²) in [5, 5.41) is 3.72. The fourth-order valence-corrected chi connectivity index (χ4v) is 3.15. The first kappa shape index (κ1) is 17.2. The molecule has 0 bridgehead atoms. The molecule has 1 aromatic carbocycles. The van der Waals surface area contributed by atoms with Gasteiger partial charge in [-0.1, -0.05) is 17.8 Å². The molecule has 1 amide bonds. The van der Waals surface area contributed by atoms with E-state index in [1.165, 1.54) is 22.9 Å². The van der Waals surface area contributed by atoms with Crippen LogP contribution in [0, 0.1) is 13.8 Å². The number of aryl methyl sites for hydroxylation is 2. The van der Waals surface area contributed by atoms with E-state index in [-0.39, 0.29) is 5.91 Å². The number of pyridine rings is 1. The smallest absolute Gasteiger partial charge is 0.230 e. The summed E-state index contributed by atoms with van der Waals surface area (Å²) >= 11 is 1.43. The highest BCUT2D eigenvalue weighted by Gasteiger charge is 2.09. The van der Waals surface area contributed by atoms with Gasteiger partial charge < -0.3 is 5.32 Å². The molecule has 0 aliphatic heterocycles. The summed E-state index contributed by atoms with van der Waals surface area (Å²) < 4.78 is 2.01. The molecule has 128 valence electrons. The molecule has 0 atom stereocenters. The second-order valence-corrected chi connectivity index (χ2v) is 6.71. The highest BCUT2D eigenvalue weighted by Crippen LogP contribution is 2.22. The average Bonchev–Trinajstić information content (AvgIpc) is 3.10. The van der Waals surface area contributed by atoms with E-state index in [1.54, 1.807) is 18.6 Å². The minimum absolute atomic E-state index is 0.0172. The van der Waals surface area contributed by atoms with Crippen molar-refractivity contribution in [3.05, 3.63) is 71.8 Å². The highest BCUT2D eigenvalue weighted by atomic mass is 32.2. The minimum Gasteiger partial charge on any atom is -0.351 e. The van der Waals surface area contributed by atoms with Gasteiger partial charge in [0, 0.05) is 37.0 Å². The maximum atomic E-state index is 12.1. The van der Waals surface area contributed by atoms with Crippen LogP contribution in [-0.2, 0) is 11.3 Å². The normalized spacial score (nSPS) is 10.6. The molecule has 6 heteroatoms. The number of thioether (sulfide) groups is 1. The number of carbonyl (C=O) groups excluding carboxylic acids is 1. The number of hydrogen-bond donors (Lipinski definition) is 1. The molecule has 1 N–H and O–H groups in total. The van der Waals surface area contributed by atoms with Gasteiger partial charge >= 0.3 is 0 Å². The Bertz CT molecular complexity index is 861. The van der Waals surface area contributed by atoms with Crippen LogP contribution in [0.15, 0.2) is 60.3 Å². The molecular weight excluding hydrogens is 332 g/mol. The van der Waals surface area contributed by atoms with Crippen LogP contribution in [0.4, 0.5) is 0 Å². The molecule has 2 heterocycles. The van der Waals surface area contributed by atoms with Gasteiger partial charge in [0.15, 0.2) is 5.16 Å². The predicted molar refractivity (Wildman–Crippen MR) is 99.8 cm³/mol. The molecule has 3 rings (SSSR count). The molecular formula is C19H20N4OS. The first-order chi connectivity index (χ1) is 12.1. The Balaban J connectivity index is 1.59. The summed E-state index contributed by atoms with van der Waals surface area (Å²) in [5.41, 5.74) is 4.58. The minimum atomic E-state index is -0.0172. The molecule has 0 unspecified atom stereocenters. The van der Waals surface area contributed by atoms with Crippen LogP contribution in [0.5, 0.6) is 0 Å². The third kappa shape index (κ3) is 4.48. The van der Waals surface area contributed by atoms with E-state index in [2.05, 4.69) is 47.3 Å². The number of imidazole rings is 1. The number of nitrogens with zero attached hydrogens (tertiary/aromatic N) is 3. The van der Waals surface area contributed by atoms with Gasteiger partial charge in [-0.05, 0) is 54.8 Å². The fourth-order valence-electron chi connectivity index (χ4n) is 2.35. The van der Waals surface area contributed by atoms with Crippen molar-refractivity contribution in [1.29, 1.82) is 0 Å². The molecule has 0 saturated carbocycles. The largest absolute Gasteiger partial charge is 0.351 e. The SMILES string of the molecule is Cc1ccc(-n2ccnc2SCC(=O)NCc2ccncc2)cc1C. The second kappa shape index (κ2) is 7.98. The van der Waals surface area contributed by atoms with Crippen LogP contribution in [0.25, 0.3) is 5.69 Å². The number of rotatable bonds is 6. The third-order valence-corrected chi connectivity index (χ3v) is 4.91. The van der Waals surface area contributed by atoms with Gasteiger partial charge in [-0.25, -0.2) is 4.98 Å². The average molecular weight is 352 g/mol. The molecule has 0 radical (unpaired) electrons. The first-order valence-electron chi connectivity index (χ1n) is 8.03. The lowest BCUT2D eigenvalue weighted by atomic mass is 10.1. The van der Waals surface area contributed by atoms with Crippen LogP contribution in [0.1, 0.15) is 16.7 Å². The van der Waals surface area contributed by atoms with Gasteiger partial charge in [0.25, 0.3) is 0 Å². The summed E-state index contributed by atoms with van der Waals surface area (Å²) in [4.78, 5) is 20.4. The van der Waals surface area contributed by atoms with E-state index in [0.717, 1.165) is 16.4 Å². The van der Waals surface area contributed by atoms with Crippen LogP contribution in [0.3, 0.4) is 0 Å². The number of carbonyl (C=O) groups is 1. The highest BCUT2D eigenvalue weighted by molar-refractivity contribution is 7.99. The van der Waals surface area contributed by atoms with Crippen LogP contribution >= 0.6 is 11.8 Å². The first-order valence-corrected chi connectivity index (χ1v) is 9.01. The lowest BCUT2D eigenvalue weighted by molar-refractivity contribution is -0.118. The van der Waals surface area contributed by atoms with Gasteiger partial charge in [-0.3, -0.25) is 14.3 Å². The number of nitrogens with one attached hydrogen (secondary N) is 1. The van der Waals surface area contributed by atoms with E-state index >= 15 is 0 Å². The molecule has 2 aromatic heterocycles. The lowest BCUT2D eigenvalue weighted by Crippen LogP contribution is -2.24. The number of hydrogen-bond acceptors (Lipinski definition) is 4. The van der Waals surface area contributed by atoms with Crippen molar-refractivity contribution in [2.45, 2.75) is 25.5 Å². The lowest BCUT2D eigenvalue weighted by Gasteiger charge is -2.10. The van der Waals surface area contributed by atoms with E-state index in [4.69, 9.17) is 0 Å². The van der Waals surface area contributed by atoms with E-state index in [1.807, 2.05) is 22.9 Å². The zero-order chi connectivity index (χ0) is 17.6. The maximum absolute atomic E-state index is 12.1. The van der Waals surface area contributed by atoms with Crippen molar-refractivity contribution in [3.8, 4) is 5.69 Å². The van der Waals surface area contributed by atoms with Crippen molar-refractivity contribution in [3.63, 3.8) is 0 Å². The number of aromatic nitrogens is 3. The van der Waals surface area contributed by atoms with Crippen LogP contribution in [-0.4, -0.2) is 26.2 Å². The van der Waals surface area contributed by atoms with Crippen molar-refractivity contribution < 1.29 is 4.79 Å². The standard InChI is InChI=1S/C19H20N4OS/c1-14-3-4-17(11-15(14)2)23-10-9-21-19(23)25-13-18(24)22-12-16-5-7-20-8-6-16/h3-11H,12-13H2,1-2H3,(H,22,24). The van der Waals surface area contributed by atoms with Gasteiger partial charge in [0.05, 0.1) is 5.75 Å². The van der Waals surface area contributed by atoms with Gasteiger partial charge in [-0.15, -0.1) is 0 Å². The van der Waals surface area contributed by atoms with Crippen molar-refractivity contribution >= 4 is 17.7 Å². The van der Waals surface area contributed by atoms with Gasteiger partial charge in [-0.2, -0.15) is 0 Å². The van der Waals surface area contributed by atoms with Gasteiger partial charge in [0.2, 0.25) is 5.91 Å². The topological polar surface area (TPSA) is 59.8 Å². The summed E-state index contributed by atoms with van der Waals surface area (Å²) in [6.07, 6.45) is 7.11.